The molecule has 1 heteroatoms. The van der Waals surface area contributed by atoms with Crippen LogP contribution in [0.15, 0.2) is 146 Å². The fourth-order valence-electron chi connectivity index (χ4n) is 5.63. The number of benzene rings is 5. The molecule has 0 aromatic heterocycles. The Morgan fingerprint density at radius 2 is 0.727 bits per heavy atom. The lowest BCUT2D eigenvalue weighted by molar-refractivity contribution is 0.414. The van der Waals surface area contributed by atoms with Gasteiger partial charge in [-0.25, -0.2) is 0 Å². The molecule has 0 saturated carbocycles. The van der Waals surface area contributed by atoms with Gasteiger partial charge in [-0.1, -0.05) is 209 Å². The van der Waals surface area contributed by atoms with Gasteiger partial charge in [0.2, 0.25) is 0 Å². The van der Waals surface area contributed by atoms with Crippen LogP contribution in [-0.2, 0) is 25.7 Å². The monoisotopic (exact) mass is 743 g/mol. The van der Waals surface area contributed by atoms with Crippen LogP contribution < -0.4 is 4.74 Å². The molecule has 0 spiro atoms. The van der Waals surface area contributed by atoms with E-state index in [1.165, 1.54) is 79.2 Å². The lowest BCUT2D eigenvalue weighted by Crippen LogP contribution is -1.92. The number of aryl methyl sites for hydroxylation is 3. The average Bonchev–Trinajstić information content (AvgIpc) is 3.19. The van der Waals surface area contributed by atoms with Crippen molar-refractivity contribution < 1.29 is 4.74 Å². The van der Waals surface area contributed by atoms with Crippen molar-refractivity contribution in [1.29, 1.82) is 0 Å². The van der Waals surface area contributed by atoms with Crippen LogP contribution in [-0.4, -0.2) is 7.11 Å². The number of hydrogen-bond acceptors (Lipinski definition) is 1. The molecular weight excluding hydrogens is 665 g/mol. The minimum Gasteiger partial charge on any atom is -0.497 e. The van der Waals surface area contributed by atoms with Crippen molar-refractivity contribution in [2.45, 2.75) is 127 Å². The highest BCUT2D eigenvalue weighted by molar-refractivity contribution is 5.27. The summed E-state index contributed by atoms with van der Waals surface area (Å²) in [4.78, 5) is 0. The maximum atomic E-state index is 5.09. The number of methoxy groups -OCH3 is 1. The van der Waals surface area contributed by atoms with E-state index in [0.29, 0.717) is 5.92 Å². The summed E-state index contributed by atoms with van der Waals surface area (Å²) in [5.41, 5.74) is 7.18. The highest BCUT2D eigenvalue weighted by atomic mass is 16.5. The second-order valence-corrected chi connectivity index (χ2v) is 16.6. The molecule has 0 aliphatic carbocycles. The Morgan fingerprint density at radius 1 is 0.364 bits per heavy atom. The van der Waals surface area contributed by atoms with Crippen molar-refractivity contribution in [3.05, 3.63) is 173 Å². The fraction of sp³-hybridized carbons (Fsp3) is 0.444. The first-order valence-corrected chi connectivity index (χ1v) is 21.2. The lowest BCUT2D eigenvalue weighted by Gasteiger charge is -2.05. The van der Waals surface area contributed by atoms with Gasteiger partial charge in [0.1, 0.15) is 5.75 Å². The fourth-order valence-corrected chi connectivity index (χ4v) is 5.63. The maximum absolute atomic E-state index is 5.09. The molecule has 300 valence electrons. The Kier molecular flexibility index (Phi) is 27.7. The molecule has 0 heterocycles. The normalized spacial score (nSPS) is 10.4. The molecule has 0 bridgehead atoms. The van der Waals surface area contributed by atoms with Crippen molar-refractivity contribution in [1.82, 2.24) is 0 Å². The second-order valence-electron chi connectivity index (χ2n) is 16.6. The largest absolute Gasteiger partial charge is 0.497 e. The highest BCUT2D eigenvalue weighted by Gasteiger charge is 1.98. The topological polar surface area (TPSA) is 9.23 Å². The molecule has 5 aromatic carbocycles. The van der Waals surface area contributed by atoms with Gasteiger partial charge in [0.05, 0.1) is 7.11 Å². The zero-order valence-electron chi connectivity index (χ0n) is 36.8. The molecule has 0 radical (unpaired) electrons. The Hall–Kier alpha value is -4.10. The average molecular weight is 743 g/mol. The molecule has 0 unspecified atom stereocenters. The molecule has 1 nitrogen and oxygen atoms in total. The predicted molar refractivity (Wildman–Crippen MR) is 245 cm³/mol. The zero-order valence-corrected chi connectivity index (χ0v) is 36.8. The van der Waals surface area contributed by atoms with Gasteiger partial charge in [-0.05, 0) is 114 Å². The molecule has 0 aliphatic heterocycles. The smallest absolute Gasteiger partial charge is 0.118 e. The van der Waals surface area contributed by atoms with Crippen molar-refractivity contribution in [3.63, 3.8) is 0 Å². The van der Waals surface area contributed by atoms with Crippen LogP contribution in [0, 0.1) is 23.7 Å². The van der Waals surface area contributed by atoms with Crippen LogP contribution in [0.3, 0.4) is 0 Å². The Bertz CT molecular complexity index is 1520. The number of hydrogen-bond donors (Lipinski definition) is 0. The second kappa shape index (κ2) is 31.1. The van der Waals surface area contributed by atoms with Crippen LogP contribution in [0.4, 0.5) is 0 Å². The molecule has 5 rings (SSSR count). The summed E-state index contributed by atoms with van der Waals surface area (Å²) in [7, 11) is 1.70. The summed E-state index contributed by atoms with van der Waals surface area (Å²) in [5, 5.41) is 0. The SMILES string of the molecule is CC(C)CCCc1ccccc1.CC(C)CCc1ccccc1.CC(C)Cc1ccccc1.CC(C)c1ccccc1.COc1ccc(CCC(C)C)cc1. The molecule has 0 fully saturated rings. The third kappa shape index (κ3) is 28.0. The van der Waals surface area contributed by atoms with E-state index in [4.69, 9.17) is 4.74 Å². The van der Waals surface area contributed by atoms with Gasteiger partial charge in [0.25, 0.3) is 0 Å². The molecule has 0 saturated heterocycles. The summed E-state index contributed by atoms with van der Waals surface area (Å²) >= 11 is 0. The van der Waals surface area contributed by atoms with Crippen LogP contribution in [0.1, 0.15) is 129 Å². The van der Waals surface area contributed by atoms with E-state index in [2.05, 4.69) is 197 Å². The van der Waals surface area contributed by atoms with E-state index < -0.39 is 0 Å². The summed E-state index contributed by atoms with van der Waals surface area (Å²) in [6, 6.07) is 50.9. The maximum Gasteiger partial charge on any atom is 0.118 e. The minimum absolute atomic E-state index is 0.659. The van der Waals surface area contributed by atoms with Crippen LogP contribution in [0.2, 0.25) is 0 Å². The van der Waals surface area contributed by atoms with Gasteiger partial charge in [0.15, 0.2) is 0 Å². The first-order chi connectivity index (χ1) is 26.4. The lowest BCUT2D eigenvalue weighted by atomic mass is 10.0. The van der Waals surface area contributed by atoms with Gasteiger partial charge in [0, 0.05) is 0 Å². The highest BCUT2D eigenvalue weighted by Crippen LogP contribution is 2.15. The summed E-state index contributed by atoms with van der Waals surface area (Å²) in [5.74, 6) is 4.80. The van der Waals surface area contributed by atoms with Crippen molar-refractivity contribution >= 4 is 0 Å². The van der Waals surface area contributed by atoms with Crippen molar-refractivity contribution in [2.75, 3.05) is 7.11 Å². The zero-order chi connectivity index (χ0) is 40.7. The Balaban J connectivity index is 0.000000346. The predicted octanol–water partition coefficient (Wildman–Crippen LogP) is 15.9. The van der Waals surface area contributed by atoms with Gasteiger partial charge in [-0.2, -0.15) is 0 Å². The summed E-state index contributed by atoms with van der Waals surface area (Å²) in [6.07, 6.45) is 10.0. The Morgan fingerprint density at radius 3 is 1.07 bits per heavy atom. The number of rotatable bonds is 14. The van der Waals surface area contributed by atoms with Gasteiger partial charge in [-0.15, -0.1) is 0 Å². The first-order valence-electron chi connectivity index (χ1n) is 21.2. The summed E-state index contributed by atoms with van der Waals surface area (Å²) in [6.45, 7) is 22.5. The van der Waals surface area contributed by atoms with Gasteiger partial charge in [-0.3, -0.25) is 0 Å². The van der Waals surface area contributed by atoms with Crippen LogP contribution >= 0.6 is 0 Å². The molecular formula is C54H78O. The van der Waals surface area contributed by atoms with Gasteiger partial charge >= 0.3 is 0 Å². The van der Waals surface area contributed by atoms with E-state index >= 15 is 0 Å². The number of ether oxygens (including phenoxy) is 1. The van der Waals surface area contributed by atoms with Gasteiger partial charge < -0.3 is 4.74 Å². The third-order valence-corrected chi connectivity index (χ3v) is 9.07. The molecule has 5 aromatic rings. The first kappa shape index (κ1) is 48.9. The van der Waals surface area contributed by atoms with Crippen LogP contribution in [0.5, 0.6) is 5.75 Å². The molecule has 0 N–H and O–H groups in total. The van der Waals surface area contributed by atoms with E-state index in [0.717, 1.165) is 29.4 Å². The molecule has 0 aliphatic rings. The Labute approximate surface area is 340 Å². The standard InChI is InChI=1S/C12H18O.C12H18.C11H16.C10H14.C9H12/c1-10(2)4-5-11-6-8-12(13-3)9-7-11;1-11(2)7-6-10-12-8-4-3-5-9-12;1-10(2)8-9-11-6-4-3-5-7-11;1-9(2)8-10-6-4-3-5-7-10;1-8(2)9-6-4-3-5-7-9/h6-10H,4-5H2,1-3H3;3-5,8-9,11H,6-7,10H2,1-2H3;3-7,10H,8-9H2,1-2H3;3-7,9H,8H2,1-2H3;3-8H,1-2H3. The quantitative estimate of drug-likeness (QED) is 0.110. The summed E-state index contributed by atoms with van der Waals surface area (Å²) < 4.78 is 5.09. The minimum atomic E-state index is 0.659. The molecule has 0 atom stereocenters. The molecule has 0 amide bonds. The van der Waals surface area contributed by atoms with Crippen molar-refractivity contribution in [3.8, 4) is 5.75 Å². The van der Waals surface area contributed by atoms with E-state index in [9.17, 15) is 0 Å². The van der Waals surface area contributed by atoms with E-state index in [-0.39, 0.29) is 0 Å². The van der Waals surface area contributed by atoms with E-state index in [1.807, 2.05) is 18.2 Å². The van der Waals surface area contributed by atoms with Crippen LogP contribution in [0.25, 0.3) is 0 Å². The third-order valence-electron chi connectivity index (χ3n) is 9.07. The molecule has 55 heavy (non-hydrogen) atoms. The van der Waals surface area contributed by atoms with E-state index in [1.54, 1.807) is 7.11 Å². The van der Waals surface area contributed by atoms with Crippen molar-refractivity contribution in [2.24, 2.45) is 23.7 Å².